The van der Waals surface area contributed by atoms with Crippen molar-refractivity contribution in [2.75, 3.05) is 20.2 Å². The van der Waals surface area contributed by atoms with Crippen molar-refractivity contribution in [3.63, 3.8) is 0 Å². The van der Waals surface area contributed by atoms with Crippen molar-refractivity contribution < 1.29 is 14.3 Å². The van der Waals surface area contributed by atoms with Gasteiger partial charge in [-0.15, -0.1) is 0 Å². The van der Waals surface area contributed by atoms with Crippen LogP contribution in [0.1, 0.15) is 0 Å². The van der Waals surface area contributed by atoms with Crippen LogP contribution in [0, 0.1) is 0 Å². The van der Waals surface area contributed by atoms with Gasteiger partial charge in [-0.05, 0) is 24.3 Å². The van der Waals surface area contributed by atoms with E-state index in [4.69, 9.17) is 21.1 Å². The molecule has 0 radical (unpaired) electrons. The summed E-state index contributed by atoms with van der Waals surface area (Å²) < 4.78 is 10.7. The molecule has 21 heavy (non-hydrogen) atoms. The number of carbonyl (C=O) groups is 1. The van der Waals surface area contributed by atoms with Crippen LogP contribution in [0.4, 0.5) is 4.79 Å². The third-order valence-corrected chi connectivity index (χ3v) is 3.09. The number of carbonyl (C=O) groups excluding carboxylic acids is 1. The van der Waals surface area contributed by atoms with Gasteiger partial charge in [0.2, 0.25) is 0 Å². The summed E-state index contributed by atoms with van der Waals surface area (Å²) in [7, 11) is 1.65. The molecule has 0 bridgehead atoms. The number of hydrogen-bond donors (Lipinski definition) is 0. The molecule has 0 atom stereocenters. The highest BCUT2D eigenvalue weighted by Crippen LogP contribution is 2.22. The Morgan fingerprint density at radius 2 is 1.76 bits per heavy atom. The highest BCUT2D eigenvalue weighted by Gasteiger charge is 2.11. The first-order valence-electron chi connectivity index (χ1n) is 6.52. The largest absolute Gasteiger partial charge is 0.490 e. The first-order valence-corrected chi connectivity index (χ1v) is 6.90. The molecule has 4 nitrogen and oxygen atoms in total. The van der Waals surface area contributed by atoms with E-state index in [-0.39, 0.29) is 0 Å². The van der Waals surface area contributed by atoms with Gasteiger partial charge >= 0.3 is 6.09 Å². The molecule has 110 valence electrons. The Labute approximate surface area is 128 Å². The zero-order valence-electron chi connectivity index (χ0n) is 11.7. The van der Waals surface area contributed by atoms with Crippen LogP contribution in [0.5, 0.6) is 11.5 Å². The Hall–Kier alpha value is -2.20. The Kier molecular flexibility index (Phi) is 5.46. The smallest absolute Gasteiger partial charge is 0.415 e. The predicted molar refractivity (Wildman–Crippen MR) is 82.0 cm³/mol. The molecule has 0 aliphatic heterocycles. The standard InChI is InChI=1S/C16H16ClNO3/c1-18(16(19)21-13-7-3-2-4-8-13)11-12-20-15-10-6-5-9-14(15)17/h2-10H,11-12H2,1H3. The SMILES string of the molecule is CN(CCOc1ccccc1Cl)C(=O)Oc1ccccc1. The minimum Gasteiger partial charge on any atom is -0.490 e. The van der Waals surface area contributed by atoms with Crippen LogP contribution in [-0.2, 0) is 0 Å². The van der Waals surface area contributed by atoms with Crippen LogP contribution < -0.4 is 9.47 Å². The number of amides is 1. The maximum atomic E-state index is 11.8. The second-order valence-electron chi connectivity index (χ2n) is 4.38. The average molecular weight is 306 g/mol. The lowest BCUT2D eigenvalue weighted by Gasteiger charge is -2.17. The molecule has 1 amide bonds. The molecule has 0 saturated heterocycles. The Morgan fingerprint density at radius 3 is 2.48 bits per heavy atom. The number of ether oxygens (including phenoxy) is 2. The minimum atomic E-state index is -0.427. The maximum Gasteiger partial charge on any atom is 0.415 e. The lowest BCUT2D eigenvalue weighted by molar-refractivity contribution is 0.153. The Morgan fingerprint density at radius 1 is 1.10 bits per heavy atom. The fourth-order valence-corrected chi connectivity index (χ4v) is 1.80. The van der Waals surface area contributed by atoms with Gasteiger partial charge in [-0.3, -0.25) is 0 Å². The summed E-state index contributed by atoms with van der Waals surface area (Å²) in [6.07, 6.45) is -0.427. The van der Waals surface area contributed by atoms with Crippen LogP contribution in [0.15, 0.2) is 54.6 Å². The van der Waals surface area contributed by atoms with E-state index in [1.165, 1.54) is 4.90 Å². The van der Waals surface area contributed by atoms with Crippen LogP contribution in [0.3, 0.4) is 0 Å². The monoisotopic (exact) mass is 305 g/mol. The Bertz CT molecular complexity index is 589. The molecule has 2 aromatic rings. The van der Waals surface area contributed by atoms with Gasteiger partial charge in [-0.2, -0.15) is 0 Å². The second-order valence-corrected chi connectivity index (χ2v) is 4.79. The van der Waals surface area contributed by atoms with Crippen molar-refractivity contribution in [3.8, 4) is 11.5 Å². The summed E-state index contributed by atoms with van der Waals surface area (Å²) in [5.41, 5.74) is 0. The van der Waals surface area contributed by atoms with Gasteiger partial charge in [-0.1, -0.05) is 41.9 Å². The number of likely N-dealkylation sites (N-methyl/N-ethyl adjacent to an activating group) is 1. The van der Waals surface area contributed by atoms with Crippen LogP contribution >= 0.6 is 11.6 Å². The number of para-hydroxylation sites is 2. The summed E-state index contributed by atoms with van der Waals surface area (Å²) in [5.74, 6) is 1.12. The third kappa shape index (κ3) is 4.68. The van der Waals surface area contributed by atoms with Gasteiger partial charge in [0.15, 0.2) is 0 Å². The van der Waals surface area contributed by atoms with Crippen molar-refractivity contribution in [1.29, 1.82) is 0 Å². The van der Waals surface area contributed by atoms with E-state index >= 15 is 0 Å². The molecule has 0 fully saturated rings. The van der Waals surface area contributed by atoms with Crippen molar-refractivity contribution in [2.45, 2.75) is 0 Å². The van der Waals surface area contributed by atoms with Crippen LogP contribution in [0.2, 0.25) is 5.02 Å². The van der Waals surface area contributed by atoms with Gasteiger partial charge in [-0.25, -0.2) is 4.79 Å². The third-order valence-electron chi connectivity index (χ3n) is 2.78. The van der Waals surface area contributed by atoms with Crippen molar-refractivity contribution in [3.05, 3.63) is 59.6 Å². The average Bonchev–Trinajstić information content (AvgIpc) is 2.50. The zero-order valence-corrected chi connectivity index (χ0v) is 12.4. The van der Waals surface area contributed by atoms with E-state index in [1.807, 2.05) is 30.3 Å². The van der Waals surface area contributed by atoms with E-state index in [0.717, 1.165) is 0 Å². The quantitative estimate of drug-likeness (QED) is 0.842. The zero-order chi connectivity index (χ0) is 15.1. The number of nitrogens with zero attached hydrogens (tertiary/aromatic N) is 1. The molecule has 0 heterocycles. The van der Waals surface area contributed by atoms with Crippen molar-refractivity contribution >= 4 is 17.7 Å². The second kappa shape index (κ2) is 7.55. The summed E-state index contributed by atoms with van der Waals surface area (Å²) in [5, 5.41) is 0.548. The normalized spacial score (nSPS) is 10.0. The van der Waals surface area contributed by atoms with Gasteiger partial charge in [0.25, 0.3) is 0 Å². The van der Waals surface area contributed by atoms with Crippen molar-refractivity contribution in [1.82, 2.24) is 4.90 Å². The molecular formula is C16H16ClNO3. The summed E-state index contributed by atoms with van der Waals surface area (Å²) in [4.78, 5) is 13.3. The number of halogens is 1. The molecular weight excluding hydrogens is 290 g/mol. The molecule has 0 aliphatic carbocycles. The molecule has 0 aliphatic rings. The summed E-state index contributed by atoms with van der Waals surface area (Å²) in [6, 6.07) is 16.1. The molecule has 2 rings (SSSR count). The predicted octanol–water partition coefficient (Wildman–Crippen LogP) is 3.85. The van der Waals surface area contributed by atoms with E-state index in [1.54, 1.807) is 31.3 Å². The highest BCUT2D eigenvalue weighted by atomic mass is 35.5. The molecule has 0 spiro atoms. The first-order chi connectivity index (χ1) is 10.2. The molecule has 0 aromatic heterocycles. The molecule has 0 unspecified atom stereocenters. The number of rotatable bonds is 5. The fraction of sp³-hybridized carbons (Fsp3) is 0.188. The maximum absolute atomic E-state index is 11.8. The van der Waals surface area contributed by atoms with Gasteiger partial charge in [0.05, 0.1) is 11.6 Å². The van der Waals surface area contributed by atoms with Crippen LogP contribution in [0.25, 0.3) is 0 Å². The highest BCUT2D eigenvalue weighted by molar-refractivity contribution is 6.32. The van der Waals surface area contributed by atoms with E-state index in [0.29, 0.717) is 29.7 Å². The number of benzene rings is 2. The molecule has 2 aromatic carbocycles. The van der Waals surface area contributed by atoms with Crippen LogP contribution in [-0.4, -0.2) is 31.2 Å². The van der Waals surface area contributed by atoms with E-state index in [9.17, 15) is 4.79 Å². The lowest BCUT2D eigenvalue weighted by atomic mass is 10.3. The van der Waals surface area contributed by atoms with E-state index < -0.39 is 6.09 Å². The number of hydrogen-bond acceptors (Lipinski definition) is 3. The fourth-order valence-electron chi connectivity index (χ4n) is 1.61. The Balaban J connectivity index is 1.78. The lowest BCUT2D eigenvalue weighted by Crippen LogP contribution is -2.33. The summed E-state index contributed by atoms with van der Waals surface area (Å²) >= 11 is 5.98. The van der Waals surface area contributed by atoms with Crippen molar-refractivity contribution in [2.24, 2.45) is 0 Å². The molecule has 0 N–H and O–H groups in total. The molecule has 0 saturated carbocycles. The van der Waals surface area contributed by atoms with Gasteiger partial charge in [0.1, 0.15) is 18.1 Å². The molecule has 5 heteroatoms. The van der Waals surface area contributed by atoms with Gasteiger partial charge in [0, 0.05) is 7.05 Å². The topological polar surface area (TPSA) is 38.8 Å². The summed E-state index contributed by atoms with van der Waals surface area (Å²) in [6.45, 7) is 0.737. The van der Waals surface area contributed by atoms with E-state index in [2.05, 4.69) is 0 Å². The first kappa shape index (κ1) is 15.2. The minimum absolute atomic E-state index is 0.337. The van der Waals surface area contributed by atoms with Gasteiger partial charge < -0.3 is 14.4 Å².